The van der Waals surface area contributed by atoms with Crippen molar-refractivity contribution in [2.24, 2.45) is 0 Å². The van der Waals surface area contributed by atoms with Crippen LogP contribution in [-0.4, -0.2) is 4.98 Å². The second kappa shape index (κ2) is 4.49. The maximum absolute atomic E-state index is 5.69. The molecule has 3 aromatic rings. The molecule has 19 heavy (non-hydrogen) atoms. The number of fused-ring (bicyclic) bond motifs is 1. The van der Waals surface area contributed by atoms with E-state index in [0.29, 0.717) is 17.3 Å². The molecule has 3 rings (SSSR count). The molecular weight excluding hydrogens is 236 g/mol. The molecule has 0 spiro atoms. The maximum Gasteiger partial charge on any atom is 0.149 e. The van der Waals surface area contributed by atoms with Gasteiger partial charge in [-0.3, -0.25) is 0 Å². The van der Waals surface area contributed by atoms with Gasteiger partial charge in [0.1, 0.15) is 11.6 Å². The Morgan fingerprint density at radius 2 is 1.63 bits per heavy atom. The highest BCUT2D eigenvalue weighted by atomic mass is 15.0. The third kappa shape index (κ3) is 2.28. The molecular formula is C15H14N4. The van der Waals surface area contributed by atoms with Gasteiger partial charge in [0.05, 0.1) is 5.69 Å². The Bertz CT molecular complexity index is 737. The Hall–Kier alpha value is -2.75. The number of hydrogen-bond donors (Lipinski definition) is 3. The summed E-state index contributed by atoms with van der Waals surface area (Å²) in [5, 5.41) is 5.60. The first kappa shape index (κ1) is 11.3. The molecule has 94 valence electrons. The fraction of sp³-hybridized carbons (Fsp3) is 0. The lowest BCUT2D eigenvalue weighted by atomic mass is 10.1. The number of benzene rings is 2. The van der Waals surface area contributed by atoms with Crippen LogP contribution in [0.5, 0.6) is 0 Å². The Morgan fingerprint density at radius 1 is 0.842 bits per heavy atom. The molecule has 0 bridgehead atoms. The number of rotatable bonds is 2. The second-order valence-corrected chi connectivity index (χ2v) is 4.36. The highest BCUT2D eigenvalue weighted by molar-refractivity contribution is 5.86. The summed E-state index contributed by atoms with van der Waals surface area (Å²) in [4.78, 5) is 4.19. The van der Waals surface area contributed by atoms with Crippen LogP contribution in [0.15, 0.2) is 54.6 Å². The molecule has 1 aromatic heterocycles. The first-order valence-corrected chi connectivity index (χ1v) is 6.00. The molecule has 0 aliphatic rings. The molecule has 0 amide bonds. The quantitative estimate of drug-likeness (QED) is 0.653. The first-order chi connectivity index (χ1) is 9.22. The van der Waals surface area contributed by atoms with Crippen LogP contribution in [0.3, 0.4) is 0 Å². The minimum absolute atomic E-state index is 0.339. The SMILES string of the molecule is Nc1ccc(Nc2ccc3ccccc3c2)nc1N. The largest absolute Gasteiger partial charge is 0.396 e. The van der Waals surface area contributed by atoms with Gasteiger partial charge in [-0.25, -0.2) is 4.98 Å². The van der Waals surface area contributed by atoms with Gasteiger partial charge in [0.25, 0.3) is 0 Å². The Morgan fingerprint density at radius 3 is 2.42 bits per heavy atom. The molecule has 0 fully saturated rings. The molecule has 4 heteroatoms. The lowest BCUT2D eigenvalue weighted by molar-refractivity contribution is 1.32. The van der Waals surface area contributed by atoms with E-state index in [9.17, 15) is 0 Å². The van der Waals surface area contributed by atoms with Crippen molar-refractivity contribution in [3.8, 4) is 0 Å². The van der Waals surface area contributed by atoms with Crippen molar-refractivity contribution in [1.82, 2.24) is 4.98 Å². The zero-order chi connectivity index (χ0) is 13.2. The number of nitrogen functional groups attached to an aromatic ring is 2. The number of pyridine rings is 1. The molecule has 0 unspecified atom stereocenters. The summed E-state index contributed by atoms with van der Waals surface area (Å²) in [7, 11) is 0. The Kier molecular flexibility index (Phi) is 2.68. The van der Waals surface area contributed by atoms with Crippen molar-refractivity contribution in [2.45, 2.75) is 0 Å². The van der Waals surface area contributed by atoms with Crippen LogP contribution in [0, 0.1) is 0 Å². The van der Waals surface area contributed by atoms with Gasteiger partial charge >= 0.3 is 0 Å². The van der Waals surface area contributed by atoms with E-state index in [1.165, 1.54) is 10.8 Å². The summed E-state index contributed by atoms with van der Waals surface area (Å²) in [6.45, 7) is 0. The molecule has 2 aromatic carbocycles. The van der Waals surface area contributed by atoms with E-state index in [1.807, 2.05) is 18.2 Å². The number of nitrogens with zero attached hydrogens (tertiary/aromatic N) is 1. The molecule has 0 aliphatic heterocycles. The second-order valence-electron chi connectivity index (χ2n) is 4.36. The number of nitrogens with two attached hydrogens (primary N) is 2. The number of aromatic nitrogens is 1. The summed E-state index contributed by atoms with van der Waals surface area (Å²) in [5.74, 6) is 1.02. The molecule has 1 heterocycles. The molecule has 0 radical (unpaired) electrons. The molecule has 0 saturated heterocycles. The van der Waals surface area contributed by atoms with Crippen LogP contribution in [0.1, 0.15) is 0 Å². The van der Waals surface area contributed by atoms with Crippen molar-refractivity contribution < 1.29 is 0 Å². The van der Waals surface area contributed by atoms with E-state index in [1.54, 1.807) is 12.1 Å². The summed E-state index contributed by atoms with van der Waals surface area (Å²) < 4.78 is 0. The molecule has 0 atom stereocenters. The van der Waals surface area contributed by atoms with Gasteiger partial charge in [-0.15, -0.1) is 0 Å². The van der Waals surface area contributed by atoms with Crippen LogP contribution in [0.4, 0.5) is 23.0 Å². The van der Waals surface area contributed by atoms with Crippen molar-refractivity contribution in [2.75, 3.05) is 16.8 Å². The Balaban J connectivity index is 1.94. The fourth-order valence-electron chi connectivity index (χ4n) is 1.97. The van der Waals surface area contributed by atoms with Crippen LogP contribution >= 0.6 is 0 Å². The lowest BCUT2D eigenvalue weighted by Crippen LogP contribution is -2.00. The van der Waals surface area contributed by atoms with Crippen molar-refractivity contribution in [3.63, 3.8) is 0 Å². The predicted molar refractivity (Wildman–Crippen MR) is 80.3 cm³/mol. The topological polar surface area (TPSA) is 77.0 Å². The van der Waals surface area contributed by atoms with Crippen LogP contribution < -0.4 is 16.8 Å². The average Bonchev–Trinajstić information content (AvgIpc) is 2.43. The lowest BCUT2D eigenvalue weighted by Gasteiger charge is -2.08. The van der Waals surface area contributed by atoms with Gasteiger partial charge in [-0.2, -0.15) is 0 Å². The van der Waals surface area contributed by atoms with Crippen LogP contribution in [0.2, 0.25) is 0 Å². The zero-order valence-corrected chi connectivity index (χ0v) is 10.3. The van der Waals surface area contributed by atoms with Gasteiger partial charge in [-0.05, 0) is 35.0 Å². The fourth-order valence-corrected chi connectivity index (χ4v) is 1.97. The molecule has 5 N–H and O–H groups in total. The summed E-state index contributed by atoms with van der Waals surface area (Å²) in [5.41, 5.74) is 12.8. The van der Waals surface area contributed by atoms with Gasteiger partial charge in [0, 0.05) is 5.69 Å². The zero-order valence-electron chi connectivity index (χ0n) is 10.3. The highest BCUT2D eigenvalue weighted by Crippen LogP contribution is 2.23. The van der Waals surface area contributed by atoms with Gasteiger partial charge in [0.15, 0.2) is 0 Å². The Labute approximate surface area is 111 Å². The standard InChI is InChI=1S/C15H14N4/c16-13-7-8-14(19-15(13)17)18-12-6-5-10-3-1-2-4-11(10)9-12/h1-9H,16H2,(H3,17,18,19). The van der Waals surface area contributed by atoms with Crippen molar-refractivity contribution in [3.05, 3.63) is 54.6 Å². The normalized spacial score (nSPS) is 10.5. The van der Waals surface area contributed by atoms with Gasteiger partial charge in [-0.1, -0.05) is 30.3 Å². The maximum atomic E-state index is 5.69. The third-order valence-corrected chi connectivity index (χ3v) is 2.98. The van der Waals surface area contributed by atoms with Gasteiger partial charge < -0.3 is 16.8 Å². The van der Waals surface area contributed by atoms with Crippen molar-refractivity contribution >= 4 is 33.8 Å². The molecule has 0 aliphatic carbocycles. The van der Waals surface area contributed by atoms with E-state index < -0.39 is 0 Å². The minimum Gasteiger partial charge on any atom is -0.396 e. The third-order valence-electron chi connectivity index (χ3n) is 2.98. The number of nitrogens with one attached hydrogen (secondary N) is 1. The monoisotopic (exact) mass is 250 g/mol. The predicted octanol–water partition coefficient (Wildman–Crippen LogP) is 3.14. The summed E-state index contributed by atoms with van der Waals surface area (Å²) in [6, 6.07) is 17.9. The van der Waals surface area contributed by atoms with Gasteiger partial charge in [0.2, 0.25) is 0 Å². The molecule has 0 saturated carbocycles. The highest BCUT2D eigenvalue weighted by Gasteiger charge is 2.01. The number of anilines is 4. The molecule has 4 nitrogen and oxygen atoms in total. The minimum atomic E-state index is 0.339. The first-order valence-electron chi connectivity index (χ1n) is 6.00. The summed E-state index contributed by atoms with van der Waals surface area (Å²) in [6.07, 6.45) is 0. The van der Waals surface area contributed by atoms with E-state index in [-0.39, 0.29) is 0 Å². The summed E-state index contributed by atoms with van der Waals surface area (Å²) >= 11 is 0. The van der Waals surface area contributed by atoms with E-state index in [2.05, 4.69) is 34.6 Å². The van der Waals surface area contributed by atoms with Crippen molar-refractivity contribution in [1.29, 1.82) is 0 Å². The average molecular weight is 250 g/mol. The number of hydrogen-bond acceptors (Lipinski definition) is 4. The van der Waals surface area contributed by atoms with E-state index >= 15 is 0 Å². The smallest absolute Gasteiger partial charge is 0.149 e. The van der Waals surface area contributed by atoms with Crippen LogP contribution in [0.25, 0.3) is 10.8 Å². The van der Waals surface area contributed by atoms with E-state index in [0.717, 1.165) is 5.69 Å². The van der Waals surface area contributed by atoms with Crippen LogP contribution in [-0.2, 0) is 0 Å². The van der Waals surface area contributed by atoms with E-state index in [4.69, 9.17) is 11.5 Å².